The zero-order valence-corrected chi connectivity index (χ0v) is 19.3. The molecule has 1 fully saturated rings. The third-order valence-corrected chi connectivity index (χ3v) is 12.2. The van der Waals surface area contributed by atoms with Crippen LogP contribution in [0.1, 0.15) is 13.8 Å². The van der Waals surface area contributed by atoms with E-state index in [1.807, 2.05) is 14.2 Å². The van der Waals surface area contributed by atoms with Crippen molar-refractivity contribution in [2.75, 3.05) is 33.7 Å². The molecule has 0 bridgehead atoms. The second kappa shape index (κ2) is 10.2. The average Bonchev–Trinajstić information content (AvgIpc) is 2.98. The van der Waals surface area contributed by atoms with Gasteiger partial charge >= 0.3 is 0 Å². The SMILES string of the molecule is COc1ccccc1P(CCP1[C@@H](C)C(OC)C(OC)[C@@H]1C)c1ccccc1. The van der Waals surface area contributed by atoms with E-state index >= 15 is 0 Å². The number of hydrogen-bond donors (Lipinski definition) is 0. The molecule has 0 radical (unpaired) electrons. The highest BCUT2D eigenvalue weighted by atomic mass is 31.1. The van der Waals surface area contributed by atoms with Gasteiger partial charge < -0.3 is 14.2 Å². The summed E-state index contributed by atoms with van der Waals surface area (Å²) in [5, 5.41) is 2.76. The molecule has 3 unspecified atom stereocenters. The first-order valence-corrected chi connectivity index (χ1v) is 13.1. The highest BCUT2D eigenvalue weighted by Gasteiger charge is 2.46. The quantitative estimate of drug-likeness (QED) is 0.594. The summed E-state index contributed by atoms with van der Waals surface area (Å²) in [7, 11) is 4.80. The summed E-state index contributed by atoms with van der Waals surface area (Å²) in [6.07, 6.45) is 2.82. The van der Waals surface area contributed by atoms with E-state index in [1.165, 1.54) is 22.9 Å². The van der Waals surface area contributed by atoms with E-state index in [0.717, 1.165) is 5.75 Å². The molecule has 0 aliphatic carbocycles. The van der Waals surface area contributed by atoms with Crippen molar-refractivity contribution < 1.29 is 14.2 Å². The lowest BCUT2D eigenvalue weighted by atomic mass is 10.1. The molecule has 1 aliphatic heterocycles. The Morgan fingerprint density at radius 2 is 1.39 bits per heavy atom. The van der Waals surface area contributed by atoms with E-state index in [4.69, 9.17) is 14.2 Å². The standard InChI is InChI=1S/C23H32O3P2/c1-17-22(25-4)23(26-5)18(2)27(17)15-16-28(19-11-7-6-8-12-19)21-14-10-9-13-20(21)24-3/h6-14,17-18,22-23H,15-16H2,1-5H3/t17-,18-,22?,23?,27?,28?/m0/s1. The molecule has 0 amide bonds. The van der Waals surface area contributed by atoms with E-state index in [2.05, 4.69) is 68.4 Å². The predicted molar refractivity (Wildman–Crippen MR) is 123 cm³/mol. The molecule has 1 heterocycles. The monoisotopic (exact) mass is 418 g/mol. The van der Waals surface area contributed by atoms with E-state index in [-0.39, 0.29) is 20.1 Å². The molecule has 5 heteroatoms. The van der Waals surface area contributed by atoms with Crippen LogP contribution in [0.2, 0.25) is 0 Å². The third kappa shape index (κ3) is 4.44. The summed E-state index contributed by atoms with van der Waals surface area (Å²) in [4.78, 5) is 0. The summed E-state index contributed by atoms with van der Waals surface area (Å²) in [5.74, 6) is 1.00. The second-order valence-electron chi connectivity index (χ2n) is 7.28. The van der Waals surface area contributed by atoms with Crippen LogP contribution in [-0.4, -0.2) is 57.2 Å². The Morgan fingerprint density at radius 3 is 1.96 bits per heavy atom. The molecule has 0 saturated carbocycles. The van der Waals surface area contributed by atoms with Crippen LogP contribution in [0.4, 0.5) is 0 Å². The van der Waals surface area contributed by atoms with Crippen molar-refractivity contribution in [3.63, 3.8) is 0 Å². The molecule has 1 aliphatic rings. The summed E-state index contributed by atoms with van der Waals surface area (Å²) >= 11 is 0. The van der Waals surface area contributed by atoms with Crippen molar-refractivity contribution in [1.82, 2.24) is 0 Å². The second-order valence-corrected chi connectivity index (χ2v) is 12.7. The van der Waals surface area contributed by atoms with Crippen LogP contribution < -0.4 is 15.3 Å². The lowest BCUT2D eigenvalue weighted by Crippen LogP contribution is -2.34. The molecular weight excluding hydrogens is 386 g/mol. The first-order valence-electron chi connectivity index (χ1n) is 9.89. The fourth-order valence-electron chi connectivity index (χ4n) is 4.43. The van der Waals surface area contributed by atoms with Crippen LogP contribution in [0.5, 0.6) is 5.75 Å². The van der Waals surface area contributed by atoms with E-state index in [0.29, 0.717) is 11.3 Å². The third-order valence-electron chi connectivity index (χ3n) is 5.89. The number of para-hydroxylation sites is 1. The van der Waals surface area contributed by atoms with Gasteiger partial charge in [-0.05, 0) is 31.6 Å². The maximum Gasteiger partial charge on any atom is 0.126 e. The van der Waals surface area contributed by atoms with Gasteiger partial charge in [-0.25, -0.2) is 0 Å². The van der Waals surface area contributed by atoms with E-state index in [1.54, 1.807) is 7.11 Å². The molecule has 0 spiro atoms. The summed E-state index contributed by atoms with van der Waals surface area (Å²) in [6.45, 7) is 4.70. The topological polar surface area (TPSA) is 27.7 Å². The summed E-state index contributed by atoms with van der Waals surface area (Å²) in [5.41, 5.74) is 1.12. The van der Waals surface area contributed by atoms with Gasteiger partial charge in [0.2, 0.25) is 0 Å². The van der Waals surface area contributed by atoms with Gasteiger partial charge in [0, 0.05) is 30.8 Å². The minimum absolute atomic E-state index is 0.160. The number of benzene rings is 2. The van der Waals surface area contributed by atoms with Crippen LogP contribution >= 0.6 is 15.8 Å². The van der Waals surface area contributed by atoms with Crippen LogP contribution in [0.3, 0.4) is 0 Å². The Morgan fingerprint density at radius 1 is 0.821 bits per heavy atom. The Labute approximate surface area is 172 Å². The molecule has 0 N–H and O–H groups in total. The highest BCUT2D eigenvalue weighted by molar-refractivity contribution is 7.74. The van der Waals surface area contributed by atoms with Gasteiger partial charge in [-0.1, -0.05) is 70.3 Å². The minimum Gasteiger partial charge on any atom is -0.496 e. The number of hydrogen-bond acceptors (Lipinski definition) is 3. The lowest BCUT2D eigenvalue weighted by molar-refractivity contribution is -0.0244. The molecule has 2 aromatic carbocycles. The molecule has 152 valence electrons. The Balaban J connectivity index is 1.85. The van der Waals surface area contributed by atoms with Gasteiger partial charge in [0.25, 0.3) is 0 Å². The van der Waals surface area contributed by atoms with Gasteiger partial charge in [0.1, 0.15) is 5.75 Å². The van der Waals surface area contributed by atoms with Crippen molar-refractivity contribution >= 4 is 26.5 Å². The van der Waals surface area contributed by atoms with Crippen LogP contribution in [0.25, 0.3) is 0 Å². The van der Waals surface area contributed by atoms with Crippen LogP contribution in [-0.2, 0) is 9.47 Å². The van der Waals surface area contributed by atoms with Crippen molar-refractivity contribution in [3.05, 3.63) is 54.6 Å². The van der Waals surface area contributed by atoms with Crippen LogP contribution in [0, 0.1) is 0 Å². The Bertz CT molecular complexity index is 724. The first kappa shape index (κ1) is 21.7. The Kier molecular flexibility index (Phi) is 7.89. The van der Waals surface area contributed by atoms with Crippen molar-refractivity contribution in [3.8, 4) is 5.75 Å². The normalized spacial score (nSPS) is 28.2. The lowest BCUT2D eigenvalue weighted by Gasteiger charge is -2.26. The largest absolute Gasteiger partial charge is 0.496 e. The zero-order chi connectivity index (χ0) is 20.1. The molecular formula is C23H32O3P2. The zero-order valence-electron chi connectivity index (χ0n) is 17.5. The number of ether oxygens (including phenoxy) is 3. The smallest absolute Gasteiger partial charge is 0.126 e. The maximum absolute atomic E-state index is 5.82. The van der Waals surface area contributed by atoms with Crippen molar-refractivity contribution in [2.24, 2.45) is 0 Å². The molecule has 1 saturated heterocycles. The summed E-state index contributed by atoms with van der Waals surface area (Å²) in [6, 6.07) is 19.4. The van der Waals surface area contributed by atoms with E-state index in [9.17, 15) is 0 Å². The molecule has 5 atom stereocenters. The Hall–Kier alpha value is -0.980. The van der Waals surface area contributed by atoms with Crippen molar-refractivity contribution in [2.45, 2.75) is 37.4 Å². The van der Waals surface area contributed by atoms with Crippen LogP contribution in [0.15, 0.2) is 54.6 Å². The van der Waals surface area contributed by atoms with E-state index < -0.39 is 7.92 Å². The fraction of sp³-hybridized carbons (Fsp3) is 0.478. The van der Waals surface area contributed by atoms with Gasteiger partial charge in [0.05, 0.1) is 19.3 Å². The highest BCUT2D eigenvalue weighted by Crippen LogP contribution is 2.58. The summed E-state index contributed by atoms with van der Waals surface area (Å²) < 4.78 is 17.3. The average molecular weight is 418 g/mol. The molecule has 3 nitrogen and oxygen atoms in total. The molecule has 28 heavy (non-hydrogen) atoms. The number of rotatable bonds is 8. The number of methoxy groups -OCH3 is 3. The molecule has 3 rings (SSSR count). The molecule has 2 aromatic rings. The minimum atomic E-state index is -0.459. The van der Waals surface area contributed by atoms with Gasteiger partial charge in [-0.3, -0.25) is 0 Å². The maximum atomic E-state index is 5.82. The molecule has 0 aromatic heterocycles. The van der Waals surface area contributed by atoms with Gasteiger partial charge in [0.15, 0.2) is 0 Å². The fourth-order valence-corrected chi connectivity index (χ4v) is 11.1. The van der Waals surface area contributed by atoms with Gasteiger partial charge in [-0.2, -0.15) is 0 Å². The predicted octanol–water partition coefficient (Wildman–Crippen LogP) is 4.43. The van der Waals surface area contributed by atoms with Crippen molar-refractivity contribution in [1.29, 1.82) is 0 Å². The first-order chi connectivity index (χ1) is 13.6. The van der Waals surface area contributed by atoms with Gasteiger partial charge in [-0.15, -0.1) is 0 Å².